The van der Waals surface area contributed by atoms with Crippen LogP contribution in [0, 0.1) is 17.8 Å². The van der Waals surface area contributed by atoms with Crippen LogP contribution in [-0.4, -0.2) is 81.4 Å². The van der Waals surface area contributed by atoms with Gasteiger partial charge in [0.2, 0.25) is 0 Å². The summed E-state index contributed by atoms with van der Waals surface area (Å²) in [6.45, 7) is 6.04. The lowest BCUT2D eigenvalue weighted by Gasteiger charge is -2.56. The van der Waals surface area contributed by atoms with Gasteiger partial charge in [-0.05, 0) is 68.4 Å². The molecule has 6 nitrogen and oxygen atoms in total. The number of piperazine rings is 1. The van der Waals surface area contributed by atoms with Crippen molar-refractivity contribution in [2.24, 2.45) is 17.8 Å². The molecule has 4 saturated carbocycles. The minimum absolute atomic E-state index is 0.151. The first-order chi connectivity index (χ1) is 15.6. The summed E-state index contributed by atoms with van der Waals surface area (Å²) in [5.74, 6) is 3.65. The third-order valence-electron chi connectivity index (χ3n) is 8.20. The van der Waals surface area contributed by atoms with Gasteiger partial charge >= 0.3 is 0 Å². The molecule has 178 valence electrons. The molecule has 5 aliphatic rings. The molecule has 4 bridgehead atoms. The number of benzene rings is 1. The predicted molar refractivity (Wildman–Crippen MR) is 125 cm³/mol. The molecule has 4 aliphatic carbocycles. The Kier molecular flexibility index (Phi) is 6.93. The number of ether oxygens (including phenoxy) is 3. The van der Waals surface area contributed by atoms with Crippen LogP contribution in [0.4, 0.5) is 5.69 Å². The molecule has 0 unspecified atom stereocenters. The average molecular weight is 445 g/mol. The Bertz CT molecular complexity index is 714. The van der Waals surface area contributed by atoms with E-state index in [4.69, 9.17) is 14.2 Å². The second kappa shape index (κ2) is 9.88. The molecule has 1 atom stereocenters. The lowest BCUT2D eigenvalue weighted by Crippen LogP contribution is -2.52. The van der Waals surface area contributed by atoms with Crippen molar-refractivity contribution in [2.45, 2.75) is 50.2 Å². The minimum Gasteiger partial charge on any atom is -0.495 e. The zero-order valence-corrected chi connectivity index (χ0v) is 19.6. The summed E-state index contributed by atoms with van der Waals surface area (Å²) in [7, 11) is 1.72. The Labute approximate surface area is 192 Å². The highest BCUT2D eigenvalue weighted by molar-refractivity contribution is 5.58. The van der Waals surface area contributed by atoms with E-state index in [2.05, 4.69) is 21.9 Å². The first-order valence-electron chi connectivity index (χ1n) is 12.6. The number of hydrogen-bond acceptors (Lipinski definition) is 6. The van der Waals surface area contributed by atoms with Crippen molar-refractivity contribution in [3.63, 3.8) is 0 Å². The predicted octanol–water partition coefficient (Wildman–Crippen LogP) is 3.18. The van der Waals surface area contributed by atoms with Crippen molar-refractivity contribution in [1.82, 2.24) is 4.90 Å². The van der Waals surface area contributed by atoms with Gasteiger partial charge < -0.3 is 24.2 Å². The highest BCUT2D eigenvalue weighted by atomic mass is 16.5. The molecule has 1 aromatic carbocycles. The SMILES string of the molecule is COc1ccccc1N1CCN(C[C@@H](O)COCCOC23CC4CC(CC(C4)C2)C3)CC1. The van der Waals surface area contributed by atoms with Crippen LogP contribution >= 0.6 is 0 Å². The van der Waals surface area contributed by atoms with Gasteiger partial charge in [-0.3, -0.25) is 4.90 Å². The number of methoxy groups -OCH3 is 1. The summed E-state index contributed by atoms with van der Waals surface area (Å²) in [4.78, 5) is 4.69. The van der Waals surface area contributed by atoms with Crippen LogP contribution in [-0.2, 0) is 9.47 Å². The van der Waals surface area contributed by atoms with E-state index in [0.717, 1.165) is 55.4 Å². The van der Waals surface area contributed by atoms with Crippen LogP contribution in [0.2, 0.25) is 0 Å². The van der Waals surface area contributed by atoms with Crippen LogP contribution < -0.4 is 9.64 Å². The monoisotopic (exact) mass is 444 g/mol. The summed E-state index contributed by atoms with van der Waals surface area (Å²) < 4.78 is 17.7. The van der Waals surface area contributed by atoms with Gasteiger partial charge in [0.15, 0.2) is 0 Å². The van der Waals surface area contributed by atoms with Gasteiger partial charge in [0.1, 0.15) is 5.75 Å². The zero-order valence-electron chi connectivity index (χ0n) is 19.6. The van der Waals surface area contributed by atoms with Crippen LogP contribution in [0.1, 0.15) is 38.5 Å². The number of rotatable bonds is 10. The summed E-state index contributed by atoms with van der Waals surface area (Å²) >= 11 is 0. The minimum atomic E-state index is -0.452. The van der Waals surface area contributed by atoms with Crippen molar-refractivity contribution in [2.75, 3.05) is 64.6 Å². The molecule has 0 radical (unpaired) electrons. The molecule has 0 spiro atoms. The molecule has 1 aromatic rings. The summed E-state index contributed by atoms with van der Waals surface area (Å²) in [5, 5.41) is 10.5. The Balaban J connectivity index is 0.974. The quantitative estimate of drug-likeness (QED) is 0.560. The van der Waals surface area contributed by atoms with Crippen LogP contribution in [0.5, 0.6) is 5.75 Å². The molecule has 32 heavy (non-hydrogen) atoms. The fourth-order valence-corrected chi connectivity index (χ4v) is 7.16. The number of para-hydroxylation sites is 2. The standard InChI is InChI=1S/C26H40N2O4/c1-30-25-5-3-2-4-24(25)28-8-6-27(7-9-28)18-23(29)19-31-10-11-32-26-15-20-12-21(16-26)14-22(13-20)17-26/h2-5,20-23,29H,6-19H2,1H3/t20?,21?,22?,23-,26?/m1/s1. The molecule has 1 heterocycles. The first-order valence-corrected chi connectivity index (χ1v) is 12.6. The van der Waals surface area contributed by atoms with Crippen molar-refractivity contribution < 1.29 is 19.3 Å². The van der Waals surface area contributed by atoms with E-state index in [0.29, 0.717) is 26.4 Å². The first kappa shape index (κ1) is 22.5. The highest BCUT2D eigenvalue weighted by Gasteiger charge is 2.51. The molecule has 1 aliphatic heterocycles. The van der Waals surface area contributed by atoms with E-state index < -0.39 is 6.10 Å². The largest absolute Gasteiger partial charge is 0.495 e. The molecule has 5 fully saturated rings. The van der Waals surface area contributed by atoms with Gasteiger partial charge in [-0.1, -0.05) is 12.1 Å². The van der Waals surface area contributed by atoms with Gasteiger partial charge in [-0.2, -0.15) is 0 Å². The van der Waals surface area contributed by atoms with Crippen molar-refractivity contribution in [3.8, 4) is 5.75 Å². The molecule has 1 N–H and O–H groups in total. The summed E-state index contributed by atoms with van der Waals surface area (Å²) in [6.07, 6.45) is 7.68. The Morgan fingerprint density at radius 1 is 0.969 bits per heavy atom. The van der Waals surface area contributed by atoms with Gasteiger partial charge in [0.05, 0.1) is 44.3 Å². The third-order valence-corrected chi connectivity index (χ3v) is 8.20. The zero-order chi connectivity index (χ0) is 22.0. The normalized spacial score (nSPS) is 32.9. The molecule has 1 saturated heterocycles. The van der Waals surface area contributed by atoms with Crippen molar-refractivity contribution >= 4 is 5.69 Å². The van der Waals surface area contributed by atoms with Crippen molar-refractivity contribution in [3.05, 3.63) is 24.3 Å². The molecular weight excluding hydrogens is 404 g/mol. The fourth-order valence-electron chi connectivity index (χ4n) is 7.16. The van der Waals surface area contributed by atoms with E-state index in [-0.39, 0.29) is 5.60 Å². The van der Waals surface area contributed by atoms with Crippen LogP contribution in [0.3, 0.4) is 0 Å². The molecule has 0 aromatic heterocycles. The number of hydrogen-bond donors (Lipinski definition) is 1. The molecule has 0 amide bonds. The van der Waals surface area contributed by atoms with Gasteiger partial charge in [-0.25, -0.2) is 0 Å². The number of aliphatic hydroxyl groups excluding tert-OH is 1. The second-order valence-corrected chi connectivity index (χ2v) is 10.6. The maximum Gasteiger partial charge on any atom is 0.142 e. The molecule has 6 heteroatoms. The number of nitrogens with zero attached hydrogens (tertiary/aromatic N) is 2. The smallest absolute Gasteiger partial charge is 0.142 e. The van der Waals surface area contributed by atoms with Gasteiger partial charge in [0.25, 0.3) is 0 Å². The fraction of sp³-hybridized carbons (Fsp3) is 0.769. The Hall–Kier alpha value is -1.34. The Morgan fingerprint density at radius 3 is 2.28 bits per heavy atom. The van der Waals surface area contributed by atoms with E-state index in [1.54, 1.807) is 7.11 Å². The molecule has 6 rings (SSSR count). The van der Waals surface area contributed by atoms with E-state index in [1.807, 2.05) is 12.1 Å². The number of β-amino-alcohol motifs (C(OH)–C–C–N with tert-alkyl or cyclic N) is 1. The van der Waals surface area contributed by atoms with Crippen molar-refractivity contribution in [1.29, 1.82) is 0 Å². The number of aliphatic hydroxyl groups is 1. The summed E-state index contributed by atoms with van der Waals surface area (Å²) in [6, 6.07) is 8.18. The maximum atomic E-state index is 10.5. The lowest BCUT2D eigenvalue weighted by atomic mass is 9.54. The van der Waals surface area contributed by atoms with E-state index >= 15 is 0 Å². The lowest BCUT2D eigenvalue weighted by molar-refractivity contribution is -0.170. The maximum absolute atomic E-state index is 10.5. The third kappa shape index (κ3) is 5.09. The van der Waals surface area contributed by atoms with Gasteiger partial charge in [0, 0.05) is 32.7 Å². The topological polar surface area (TPSA) is 54.4 Å². The average Bonchev–Trinajstić information content (AvgIpc) is 2.78. The van der Waals surface area contributed by atoms with Crippen LogP contribution in [0.15, 0.2) is 24.3 Å². The van der Waals surface area contributed by atoms with Gasteiger partial charge in [-0.15, -0.1) is 0 Å². The Morgan fingerprint density at radius 2 is 1.62 bits per heavy atom. The van der Waals surface area contributed by atoms with E-state index in [1.165, 1.54) is 38.5 Å². The van der Waals surface area contributed by atoms with Crippen LogP contribution in [0.25, 0.3) is 0 Å². The second-order valence-electron chi connectivity index (χ2n) is 10.6. The van der Waals surface area contributed by atoms with E-state index in [9.17, 15) is 5.11 Å². The number of anilines is 1. The molecular formula is C26H40N2O4. The summed E-state index contributed by atoms with van der Waals surface area (Å²) in [5.41, 5.74) is 1.30. The highest BCUT2D eigenvalue weighted by Crippen LogP contribution is 2.57.